The first kappa shape index (κ1) is 13.9. The van der Waals surface area contributed by atoms with Crippen molar-refractivity contribution in [3.8, 4) is 0 Å². The number of ether oxygens (including phenoxy) is 2. The maximum Gasteiger partial charge on any atom is 0.0840 e. The largest absolute Gasteiger partial charge is 0.390 e. The van der Waals surface area contributed by atoms with Gasteiger partial charge in [-0.25, -0.2) is 0 Å². The summed E-state index contributed by atoms with van der Waals surface area (Å²) in [5.74, 6) is 0. The summed E-state index contributed by atoms with van der Waals surface area (Å²) < 4.78 is 11.2. The molecule has 1 aliphatic heterocycles. The normalized spacial score (nSPS) is 25.9. The third-order valence-corrected chi connectivity index (χ3v) is 3.07. The van der Waals surface area contributed by atoms with Crippen LogP contribution in [-0.4, -0.2) is 35.1 Å². The van der Waals surface area contributed by atoms with E-state index < -0.39 is 5.60 Å². The summed E-state index contributed by atoms with van der Waals surface area (Å²) >= 11 is 0. The number of hydrogen-bond acceptors (Lipinski definition) is 3. The maximum absolute atomic E-state index is 9.58. The van der Waals surface area contributed by atoms with Gasteiger partial charge in [0.05, 0.1) is 30.0 Å². The van der Waals surface area contributed by atoms with E-state index in [2.05, 4.69) is 20.8 Å². The first-order valence-electron chi connectivity index (χ1n) is 6.21. The van der Waals surface area contributed by atoms with E-state index in [0.29, 0.717) is 25.2 Å². The Labute approximate surface area is 99.1 Å². The molecule has 0 amide bonds. The third kappa shape index (κ3) is 5.83. The molecule has 0 radical (unpaired) electrons. The molecule has 1 saturated heterocycles. The van der Waals surface area contributed by atoms with Gasteiger partial charge in [-0.05, 0) is 53.9 Å². The van der Waals surface area contributed by atoms with Crippen LogP contribution in [0.25, 0.3) is 0 Å². The molecule has 3 heteroatoms. The van der Waals surface area contributed by atoms with Crippen LogP contribution in [0.3, 0.4) is 0 Å². The van der Waals surface area contributed by atoms with E-state index in [1.807, 2.05) is 13.8 Å². The highest BCUT2D eigenvalue weighted by Crippen LogP contribution is 2.29. The minimum atomic E-state index is -0.635. The van der Waals surface area contributed by atoms with Crippen molar-refractivity contribution in [3.05, 3.63) is 0 Å². The van der Waals surface area contributed by atoms with Crippen molar-refractivity contribution in [2.24, 2.45) is 0 Å². The Balaban J connectivity index is 2.13. The van der Waals surface area contributed by atoms with Crippen molar-refractivity contribution in [2.75, 3.05) is 6.61 Å². The molecule has 0 spiro atoms. The van der Waals surface area contributed by atoms with E-state index in [0.717, 1.165) is 12.8 Å². The predicted molar refractivity (Wildman–Crippen MR) is 64.5 cm³/mol. The minimum absolute atomic E-state index is 0.114. The summed E-state index contributed by atoms with van der Waals surface area (Å²) in [6.45, 7) is 10.5. The van der Waals surface area contributed by atoms with Crippen molar-refractivity contribution in [3.63, 3.8) is 0 Å². The first-order chi connectivity index (χ1) is 7.20. The van der Waals surface area contributed by atoms with Crippen molar-refractivity contribution < 1.29 is 14.6 Å². The van der Waals surface area contributed by atoms with Gasteiger partial charge in [-0.3, -0.25) is 0 Å². The van der Waals surface area contributed by atoms with Gasteiger partial charge in [-0.15, -0.1) is 0 Å². The average molecular weight is 230 g/mol. The Morgan fingerprint density at radius 1 is 1.19 bits per heavy atom. The molecule has 0 aromatic rings. The zero-order chi connectivity index (χ0) is 12.4. The monoisotopic (exact) mass is 230 g/mol. The Hall–Kier alpha value is -0.120. The highest BCUT2D eigenvalue weighted by molar-refractivity contribution is 4.83. The molecule has 96 valence electrons. The van der Waals surface area contributed by atoms with Crippen LogP contribution in [0.2, 0.25) is 0 Å². The molecule has 2 unspecified atom stereocenters. The highest BCUT2D eigenvalue weighted by atomic mass is 16.6. The molecule has 1 N–H and O–H groups in total. The second-order valence-electron chi connectivity index (χ2n) is 6.09. The van der Waals surface area contributed by atoms with E-state index >= 15 is 0 Å². The lowest BCUT2D eigenvalue weighted by molar-refractivity contribution is -0.0514. The van der Waals surface area contributed by atoms with Crippen LogP contribution in [0.1, 0.15) is 53.9 Å². The molecule has 16 heavy (non-hydrogen) atoms. The molecular weight excluding hydrogens is 204 g/mol. The van der Waals surface area contributed by atoms with E-state index in [1.54, 1.807) is 0 Å². The van der Waals surface area contributed by atoms with Gasteiger partial charge in [0, 0.05) is 0 Å². The molecular formula is C13H26O3. The first-order valence-corrected chi connectivity index (χ1v) is 6.21. The molecule has 2 atom stereocenters. The van der Waals surface area contributed by atoms with Crippen LogP contribution in [0, 0.1) is 0 Å². The van der Waals surface area contributed by atoms with Gasteiger partial charge in [-0.2, -0.15) is 0 Å². The summed E-state index contributed by atoms with van der Waals surface area (Å²) in [6.07, 6.45) is 3.63. The van der Waals surface area contributed by atoms with Gasteiger partial charge >= 0.3 is 0 Å². The van der Waals surface area contributed by atoms with E-state index in [1.165, 1.54) is 0 Å². The fourth-order valence-corrected chi connectivity index (χ4v) is 1.67. The summed E-state index contributed by atoms with van der Waals surface area (Å²) in [4.78, 5) is 0. The van der Waals surface area contributed by atoms with Gasteiger partial charge in [0.15, 0.2) is 0 Å². The van der Waals surface area contributed by atoms with E-state index in [9.17, 15) is 5.11 Å². The number of hydrogen-bond donors (Lipinski definition) is 1. The highest BCUT2D eigenvalue weighted by Gasteiger charge is 2.35. The lowest BCUT2D eigenvalue weighted by atomic mass is 10.00. The maximum atomic E-state index is 9.58. The Morgan fingerprint density at radius 3 is 2.19 bits per heavy atom. The lowest BCUT2D eigenvalue weighted by Crippen LogP contribution is -2.29. The van der Waals surface area contributed by atoms with E-state index in [4.69, 9.17) is 9.47 Å². The van der Waals surface area contributed by atoms with Crippen molar-refractivity contribution in [2.45, 2.75) is 77.3 Å². The molecule has 0 saturated carbocycles. The number of epoxide rings is 1. The van der Waals surface area contributed by atoms with Gasteiger partial charge in [-0.1, -0.05) is 0 Å². The molecule has 0 aromatic heterocycles. The molecule has 1 heterocycles. The number of aliphatic hydroxyl groups is 1. The van der Waals surface area contributed by atoms with Gasteiger partial charge < -0.3 is 14.6 Å². The average Bonchev–Trinajstić information content (AvgIpc) is 2.76. The Bertz CT molecular complexity index is 218. The quantitative estimate of drug-likeness (QED) is 0.683. The molecule has 1 rings (SSSR count). The molecule has 0 aromatic carbocycles. The van der Waals surface area contributed by atoms with Crippen LogP contribution in [-0.2, 0) is 9.47 Å². The Morgan fingerprint density at radius 2 is 1.75 bits per heavy atom. The second-order valence-corrected chi connectivity index (χ2v) is 6.09. The van der Waals surface area contributed by atoms with Gasteiger partial charge in [0.1, 0.15) is 0 Å². The standard InChI is InChI=1S/C13H26O3/c1-10-11(16-10)6-7-13(4,5)15-9-8-12(2,3)14/h10-11,14H,6-9H2,1-5H3. The molecule has 1 fully saturated rings. The topological polar surface area (TPSA) is 42.0 Å². The summed E-state index contributed by atoms with van der Waals surface area (Å²) in [6, 6.07) is 0. The fourth-order valence-electron chi connectivity index (χ4n) is 1.67. The lowest BCUT2D eigenvalue weighted by Gasteiger charge is -2.27. The van der Waals surface area contributed by atoms with Crippen LogP contribution >= 0.6 is 0 Å². The smallest absolute Gasteiger partial charge is 0.0840 e. The fraction of sp³-hybridized carbons (Fsp3) is 1.00. The zero-order valence-electron chi connectivity index (χ0n) is 11.2. The zero-order valence-corrected chi connectivity index (χ0v) is 11.2. The van der Waals surface area contributed by atoms with E-state index in [-0.39, 0.29) is 5.60 Å². The number of rotatable bonds is 7. The second kappa shape index (κ2) is 5.03. The molecule has 0 aliphatic carbocycles. The van der Waals surface area contributed by atoms with Gasteiger partial charge in [0.25, 0.3) is 0 Å². The summed E-state index contributed by atoms with van der Waals surface area (Å²) in [5.41, 5.74) is -0.749. The summed E-state index contributed by atoms with van der Waals surface area (Å²) in [7, 11) is 0. The predicted octanol–water partition coefficient (Wildman–Crippen LogP) is 2.51. The van der Waals surface area contributed by atoms with Crippen molar-refractivity contribution >= 4 is 0 Å². The van der Waals surface area contributed by atoms with Crippen molar-refractivity contribution in [1.82, 2.24) is 0 Å². The van der Waals surface area contributed by atoms with Crippen LogP contribution in [0.15, 0.2) is 0 Å². The Kier molecular flexibility index (Phi) is 4.38. The van der Waals surface area contributed by atoms with Gasteiger partial charge in [0.2, 0.25) is 0 Å². The van der Waals surface area contributed by atoms with Crippen LogP contribution < -0.4 is 0 Å². The SMILES string of the molecule is CC1OC1CCC(C)(C)OCCC(C)(C)O. The third-order valence-electron chi connectivity index (χ3n) is 3.07. The molecule has 3 nitrogen and oxygen atoms in total. The summed E-state index contributed by atoms with van der Waals surface area (Å²) in [5, 5.41) is 9.58. The van der Waals surface area contributed by atoms with Crippen LogP contribution in [0.5, 0.6) is 0 Å². The van der Waals surface area contributed by atoms with Crippen LogP contribution in [0.4, 0.5) is 0 Å². The molecule has 1 aliphatic rings. The van der Waals surface area contributed by atoms with Crippen molar-refractivity contribution in [1.29, 1.82) is 0 Å². The minimum Gasteiger partial charge on any atom is -0.390 e. The molecule has 0 bridgehead atoms.